The SMILES string of the molecule is C[C@H](CCC(=O)OCC(=O)OC1CCCCC1)[C@H]1CC[C@H]2[C@@H]3CCC4CCCC[C@]4(C)[C@H]3CC[C@]12C. The normalized spacial score (nSPS) is 41.5. The summed E-state index contributed by atoms with van der Waals surface area (Å²) in [4.78, 5) is 24.5. The van der Waals surface area contributed by atoms with E-state index in [1.165, 1.54) is 70.6 Å². The fraction of sp³-hybridized carbons (Fsp3) is 0.938. The van der Waals surface area contributed by atoms with Gasteiger partial charge in [-0.2, -0.15) is 0 Å². The van der Waals surface area contributed by atoms with Crippen molar-refractivity contribution in [3.8, 4) is 0 Å². The zero-order valence-corrected chi connectivity index (χ0v) is 23.4. The molecule has 0 aromatic heterocycles. The minimum atomic E-state index is -0.382. The van der Waals surface area contributed by atoms with Crippen molar-refractivity contribution in [3.05, 3.63) is 0 Å². The van der Waals surface area contributed by atoms with E-state index in [0.717, 1.165) is 55.8 Å². The topological polar surface area (TPSA) is 52.6 Å². The summed E-state index contributed by atoms with van der Waals surface area (Å²) in [5, 5.41) is 0. The molecular weight excluding hydrogens is 448 g/mol. The Balaban J connectivity index is 1.10. The van der Waals surface area contributed by atoms with Crippen LogP contribution in [0, 0.1) is 46.3 Å². The zero-order chi connectivity index (χ0) is 25.3. The van der Waals surface area contributed by atoms with Crippen LogP contribution in [0.1, 0.15) is 130 Å². The Morgan fingerprint density at radius 2 is 1.53 bits per heavy atom. The third-order valence-corrected chi connectivity index (χ3v) is 12.3. The summed E-state index contributed by atoms with van der Waals surface area (Å²) in [5.41, 5.74) is 1.04. The van der Waals surface area contributed by atoms with Crippen molar-refractivity contribution in [2.24, 2.45) is 46.3 Å². The molecule has 0 aromatic rings. The molecule has 5 aliphatic carbocycles. The van der Waals surface area contributed by atoms with Crippen molar-refractivity contribution in [2.45, 2.75) is 136 Å². The molecule has 0 radical (unpaired) electrons. The van der Waals surface area contributed by atoms with Crippen LogP contribution in [0.25, 0.3) is 0 Å². The smallest absolute Gasteiger partial charge is 0.344 e. The molecule has 0 saturated heterocycles. The van der Waals surface area contributed by atoms with Crippen molar-refractivity contribution >= 4 is 11.9 Å². The summed E-state index contributed by atoms with van der Waals surface area (Å²) in [7, 11) is 0. The minimum absolute atomic E-state index is 0.0203. The number of carbonyl (C=O) groups excluding carboxylic acids is 2. The summed E-state index contributed by atoms with van der Waals surface area (Å²) in [6, 6.07) is 0. The molecule has 0 spiro atoms. The van der Waals surface area contributed by atoms with Gasteiger partial charge in [0.1, 0.15) is 6.10 Å². The van der Waals surface area contributed by atoms with E-state index < -0.39 is 0 Å². The molecule has 36 heavy (non-hydrogen) atoms. The second-order valence-corrected chi connectivity index (χ2v) is 14.1. The van der Waals surface area contributed by atoms with E-state index in [1.54, 1.807) is 0 Å². The molecule has 204 valence electrons. The van der Waals surface area contributed by atoms with Gasteiger partial charge in [0.05, 0.1) is 0 Å². The van der Waals surface area contributed by atoms with Gasteiger partial charge in [-0.15, -0.1) is 0 Å². The van der Waals surface area contributed by atoms with Crippen molar-refractivity contribution in [2.75, 3.05) is 6.61 Å². The maximum Gasteiger partial charge on any atom is 0.344 e. The Bertz CT molecular complexity index is 787. The van der Waals surface area contributed by atoms with Crippen LogP contribution >= 0.6 is 0 Å². The maximum absolute atomic E-state index is 12.4. The van der Waals surface area contributed by atoms with Gasteiger partial charge >= 0.3 is 11.9 Å². The second kappa shape index (κ2) is 11.0. The monoisotopic (exact) mass is 500 g/mol. The highest BCUT2D eigenvalue weighted by Crippen LogP contribution is 2.68. The number of esters is 2. The molecule has 8 atom stereocenters. The average molecular weight is 501 g/mol. The van der Waals surface area contributed by atoms with Gasteiger partial charge < -0.3 is 9.47 Å². The lowest BCUT2D eigenvalue weighted by Crippen LogP contribution is -2.53. The van der Waals surface area contributed by atoms with E-state index in [-0.39, 0.29) is 24.6 Å². The molecule has 0 aromatic carbocycles. The Morgan fingerprint density at radius 1 is 0.778 bits per heavy atom. The van der Waals surface area contributed by atoms with Gasteiger partial charge in [-0.3, -0.25) is 4.79 Å². The molecule has 4 nitrogen and oxygen atoms in total. The molecule has 0 heterocycles. The number of ether oxygens (including phenoxy) is 2. The van der Waals surface area contributed by atoms with Crippen LogP contribution in [0.2, 0.25) is 0 Å². The minimum Gasteiger partial charge on any atom is -0.460 e. The van der Waals surface area contributed by atoms with Crippen molar-refractivity contribution in [3.63, 3.8) is 0 Å². The lowest BCUT2D eigenvalue weighted by molar-refractivity contribution is -0.163. The molecule has 0 aliphatic heterocycles. The van der Waals surface area contributed by atoms with E-state index >= 15 is 0 Å². The molecular formula is C32H52O4. The first kappa shape index (κ1) is 26.5. The summed E-state index contributed by atoms with van der Waals surface area (Å²) in [6.45, 7) is 7.42. The average Bonchev–Trinajstić information content (AvgIpc) is 3.23. The standard InChI is InChI=1S/C32H52O4/c1-22(12-17-29(33)35-21-30(34)36-24-10-5-4-6-11-24)26-15-16-27-25-14-13-23-9-7-8-19-31(23,2)28(25)18-20-32(26,27)3/h22-28H,4-21H2,1-3H3/t22-,23?,25+,26-,27+,28+,31+,32-/m1/s1. The van der Waals surface area contributed by atoms with Gasteiger partial charge in [-0.25, -0.2) is 4.79 Å². The molecule has 5 rings (SSSR count). The van der Waals surface area contributed by atoms with Crippen LogP contribution in [0.15, 0.2) is 0 Å². The van der Waals surface area contributed by atoms with E-state index in [1.807, 2.05) is 0 Å². The molecule has 5 saturated carbocycles. The zero-order valence-electron chi connectivity index (χ0n) is 23.4. The fourth-order valence-corrected chi connectivity index (χ4v) is 10.4. The molecule has 4 heteroatoms. The predicted molar refractivity (Wildman–Crippen MR) is 142 cm³/mol. The van der Waals surface area contributed by atoms with Crippen LogP contribution in [-0.2, 0) is 19.1 Å². The highest BCUT2D eigenvalue weighted by Gasteiger charge is 2.60. The first-order valence-corrected chi connectivity index (χ1v) is 15.7. The van der Waals surface area contributed by atoms with Crippen LogP contribution < -0.4 is 0 Å². The van der Waals surface area contributed by atoms with Crippen molar-refractivity contribution in [1.82, 2.24) is 0 Å². The summed E-state index contributed by atoms with van der Waals surface area (Å²) >= 11 is 0. The summed E-state index contributed by atoms with van der Waals surface area (Å²) < 4.78 is 10.8. The number of carbonyl (C=O) groups is 2. The number of hydrogen-bond acceptors (Lipinski definition) is 4. The first-order valence-electron chi connectivity index (χ1n) is 15.7. The second-order valence-electron chi connectivity index (χ2n) is 14.1. The van der Waals surface area contributed by atoms with Gasteiger partial charge in [0.25, 0.3) is 0 Å². The third kappa shape index (κ3) is 5.13. The Hall–Kier alpha value is -1.06. The van der Waals surface area contributed by atoms with E-state index in [9.17, 15) is 9.59 Å². The number of hydrogen-bond donors (Lipinski definition) is 0. The van der Waals surface area contributed by atoms with Crippen LogP contribution in [0.3, 0.4) is 0 Å². The predicted octanol–water partition coefficient (Wildman–Crippen LogP) is 7.87. The molecule has 0 amide bonds. The molecule has 5 fully saturated rings. The number of fused-ring (bicyclic) bond motifs is 5. The lowest BCUT2D eigenvalue weighted by atomic mass is 9.44. The van der Waals surface area contributed by atoms with Crippen molar-refractivity contribution in [1.29, 1.82) is 0 Å². The Labute approximate surface area is 220 Å². The largest absolute Gasteiger partial charge is 0.460 e. The number of rotatable bonds is 7. The van der Waals surface area contributed by atoms with Crippen LogP contribution in [0.4, 0.5) is 0 Å². The molecule has 1 unspecified atom stereocenters. The summed E-state index contributed by atoms with van der Waals surface area (Å²) in [5.74, 6) is 4.36. The fourth-order valence-electron chi connectivity index (χ4n) is 10.4. The van der Waals surface area contributed by atoms with Gasteiger partial charge in [0.2, 0.25) is 0 Å². The molecule has 0 N–H and O–H groups in total. The lowest BCUT2D eigenvalue weighted by Gasteiger charge is -2.61. The third-order valence-electron chi connectivity index (χ3n) is 12.3. The van der Waals surface area contributed by atoms with Gasteiger partial charge in [0.15, 0.2) is 6.61 Å². The van der Waals surface area contributed by atoms with Crippen molar-refractivity contribution < 1.29 is 19.1 Å². The highest BCUT2D eigenvalue weighted by atomic mass is 16.6. The van der Waals surface area contributed by atoms with Gasteiger partial charge in [-0.05, 0) is 130 Å². The van der Waals surface area contributed by atoms with E-state index in [2.05, 4.69) is 20.8 Å². The van der Waals surface area contributed by atoms with E-state index in [0.29, 0.717) is 29.1 Å². The summed E-state index contributed by atoms with van der Waals surface area (Å²) in [6.07, 6.45) is 21.0. The van der Waals surface area contributed by atoms with Crippen LogP contribution in [0.5, 0.6) is 0 Å². The van der Waals surface area contributed by atoms with Gasteiger partial charge in [0, 0.05) is 6.42 Å². The quantitative estimate of drug-likeness (QED) is 0.334. The highest BCUT2D eigenvalue weighted by molar-refractivity contribution is 5.76. The van der Waals surface area contributed by atoms with E-state index in [4.69, 9.17) is 9.47 Å². The van der Waals surface area contributed by atoms with Crippen LogP contribution in [-0.4, -0.2) is 24.6 Å². The maximum atomic E-state index is 12.4. The Morgan fingerprint density at radius 3 is 2.33 bits per heavy atom. The first-order chi connectivity index (χ1) is 17.3. The molecule has 5 aliphatic rings. The van der Waals surface area contributed by atoms with Gasteiger partial charge in [-0.1, -0.05) is 40.0 Å². The molecule has 0 bridgehead atoms. The Kier molecular flexibility index (Phi) is 8.09.